The summed E-state index contributed by atoms with van der Waals surface area (Å²) in [6.45, 7) is 2.11. The number of anilines is 1. The number of imide groups is 1. The first-order valence-corrected chi connectivity index (χ1v) is 7.00. The largest absolute Gasteiger partial charge is 0.381 e. The van der Waals surface area contributed by atoms with Crippen molar-refractivity contribution in [2.45, 2.75) is 12.8 Å². The highest BCUT2D eigenvalue weighted by molar-refractivity contribution is 6.12. The van der Waals surface area contributed by atoms with Crippen LogP contribution in [-0.4, -0.2) is 43.1 Å². The first kappa shape index (κ1) is 13.1. The molecule has 1 aromatic carbocycles. The fourth-order valence-electron chi connectivity index (χ4n) is 2.72. The molecule has 5 heteroatoms. The number of benzene rings is 1. The monoisotopic (exact) mass is 274 g/mol. The smallest absolute Gasteiger partial charge is 0.331 e. The second kappa shape index (κ2) is 5.63. The molecule has 3 amide bonds. The van der Waals surface area contributed by atoms with Crippen LogP contribution in [0.2, 0.25) is 0 Å². The third-order valence-electron chi connectivity index (χ3n) is 3.91. The van der Waals surface area contributed by atoms with E-state index in [0.29, 0.717) is 12.5 Å². The van der Waals surface area contributed by atoms with Gasteiger partial charge in [0.25, 0.3) is 5.91 Å². The maximum Gasteiger partial charge on any atom is 0.331 e. The van der Waals surface area contributed by atoms with Gasteiger partial charge in [0.1, 0.15) is 6.54 Å². The molecule has 2 fully saturated rings. The maximum atomic E-state index is 12.4. The Morgan fingerprint density at radius 3 is 2.50 bits per heavy atom. The lowest BCUT2D eigenvalue weighted by Crippen LogP contribution is -2.38. The van der Waals surface area contributed by atoms with Gasteiger partial charge in [-0.05, 0) is 30.9 Å². The Morgan fingerprint density at radius 1 is 1.10 bits per heavy atom. The molecule has 1 aromatic rings. The molecule has 0 atom stereocenters. The summed E-state index contributed by atoms with van der Waals surface area (Å²) in [6.07, 6.45) is 1.84. The molecule has 0 saturated carbocycles. The number of ether oxygens (including phenoxy) is 1. The molecule has 0 aromatic heterocycles. The van der Waals surface area contributed by atoms with Gasteiger partial charge in [-0.2, -0.15) is 0 Å². The average molecular weight is 274 g/mol. The van der Waals surface area contributed by atoms with Gasteiger partial charge >= 0.3 is 6.03 Å². The number of nitrogens with zero attached hydrogens (tertiary/aromatic N) is 2. The summed E-state index contributed by atoms with van der Waals surface area (Å²) in [5, 5.41) is 0. The van der Waals surface area contributed by atoms with Gasteiger partial charge in [-0.1, -0.05) is 18.2 Å². The van der Waals surface area contributed by atoms with Crippen LogP contribution in [-0.2, 0) is 9.53 Å². The molecule has 0 N–H and O–H groups in total. The lowest BCUT2D eigenvalue weighted by molar-refractivity contribution is -0.125. The first-order valence-electron chi connectivity index (χ1n) is 7.00. The molecule has 0 aliphatic carbocycles. The standard InChI is InChI=1S/C15H18N2O3/c18-14-11-16(13-4-2-1-3-5-13)15(19)17(14)10-12-6-8-20-9-7-12/h1-5,12H,6-11H2. The van der Waals surface area contributed by atoms with E-state index in [0.717, 1.165) is 31.7 Å². The number of carbonyl (C=O) groups is 2. The second-order valence-corrected chi connectivity index (χ2v) is 5.26. The zero-order valence-electron chi connectivity index (χ0n) is 11.3. The van der Waals surface area contributed by atoms with Crippen molar-refractivity contribution in [1.29, 1.82) is 0 Å². The molecular formula is C15H18N2O3. The van der Waals surface area contributed by atoms with Gasteiger partial charge in [0.15, 0.2) is 0 Å². The highest BCUT2D eigenvalue weighted by Crippen LogP contribution is 2.23. The topological polar surface area (TPSA) is 49.9 Å². The summed E-state index contributed by atoms with van der Waals surface area (Å²) in [5.74, 6) is 0.262. The fraction of sp³-hybridized carbons (Fsp3) is 0.467. The van der Waals surface area contributed by atoms with Gasteiger partial charge in [0.2, 0.25) is 0 Å². The summed E-state index contributed by atoms with van der Waals surface area (Å²) in [4.78, 5) is 27.4. The second-order valence-electron chi connectivity index (χ2n) is 5.26. The Bertz CT molecular complexity index is 497. The van der Waals surface area contributed by atoms with E-state index in [-0.39, 0.29) is 18.5 Å². The van der Waals surface area contributed by atoms with Gasteiger partial charge in [0, 0.05) is 25.4 Å². The molecule has 0 radical (unpaired) electrons. The number of hydrogen-bond donors (Lipinski definition) is 0. The fourth-order valence-corrected chi connectivity index (χ4v) is 2.72. The highest BCUT2D eigenvalue weighted by Gasteiger charge is 2.38. The van der Waals surface area contributed by atoms with Gasteiger partial charge in [-0.15, -0.1) is 0 Å². The Labute approximate surface area is 118 Å². The summed E-state index contributed by atoms with van der Waals surface area (Å²) < 4.78 is 5.31. The minimum Gasteiger partial charge on any atom is -0.381 e. The van der Waals surface area contributed by atoms with Crippen molar-refractivity contribution < 1.29 is 14.3 Å². The predicted octanol–water partition coefficient (Wildman–Crippen LogP) is 1.88. The molecule has 2 aliphatic rings. The molecule has 2 saturated heterocycles. The highest BCUT2D eigenvalue weighted by atomic mass is 16.5. The molecule has 2 heterocycles. The van der Waals surface area contributed by atoms with Gasteiger partial charge in [-0.3, -0.25) is 14.6 Å². The van der Waals surface area contributed by atoms with Crippen molar-refractivity contribution in [3.63, 3.8) is 0 Å². The molecule has 0 spiro atoms. The van der Waals surface area contributed by atoms with Crippen LogP contribution in [0.3, 0.4) is 0 Å². The molecule has 20 heavy (non-hydrogen) atoms. The van der Waals surface area contributed by atoms with Crippen LogP contribution in [0, 0.1) is 5.92 Å². The van der Waals surface area contributed by atoms with Crippen LogP contribution >= 0.6 is 0 Å². The number of rotatable bonds is 3. The minimum absolute atomic E-state index is 0.106. The lowest BCUT2D eigenvalue weighted by atomic mass is 10.00. The molecular weight excluding hydrogens is 256 g/mol. The molecule has 3 rings (SSSR count). The van der Waals surface area contributed by atoms with E-state index in [9.17, 15) is 9.59 Å². The Balaban J connectivity index is 1.70. The number of hydrogen-bond acceptors (Lipinski definition) is 3. The number of urea groups is 1. The van der Waals surface area contributed by atoms with Crippen LogP contribution in [0.15, 0.2) is 30.3 Å². The summed E-state index contributed by atoms with van der Waals surface area (Å²) >= 11 is 0. The Kier molecular flexibility index (Phi) is 3.69. The summed E-state index contributed by atoms with van der Waals surface area (Å²) in [5.41, 5.74) is 0.778. The van der Waals surface area contributed by atoms with Crippen LogP contribution in [0.25, 0.3) is 0 Å². The van der Waals surface area contributed by atoms with Crippen molar-refractivity contribution in [3.8, 4) is 0 Å². The van der Waals surface area contributed by atoms with Crippen LogP contribution in [0.4, 0.5) is 10.5 Å². The van der Waals surface area contributed by atoms with Crippen molar-refractivity contribution >= 4 is 17.6 Å². The van der Waals surface area contributed by atoms with E-state index >= 15 is 0 Å². The van der Waals surface area contributed by atoms with Crippen LogP contribution in [0.1, 0.15) is 12.8 Å². The van der Waals surface area contributed by atoms with Gasteiger partial charge < -0.3 is 4.74 Å². The molecule has 0 unspecified atom stereocenters. The number of amides is 3. The summed E-state index contributed by atoms with van der Waals surface area (Å²) in [7, 11) is 0. The maximum absolute atomic E-state index is 12.4. The van der Waals surface area contributed by atoms with Crippen molar-refractivity contribution in [2.24, 2.45) is 5.92 Å². The van der Waals surface area contributed by atoms with Gasteiger partial charge in [-0.25, -0.2) is 4.79 Å². The van der Waals surface area contributed by atoms with E-state index in [1.807, 2.05) is 30.3 Å². The van der Waals surface area contributed by atoms with E-state index in [1.54, 1.807) is 4.90 Å². The van der Waals surface area contributed by atoms with Crippen LogP contribution < -0.4 is 4.90 Å². The van der Waals surface area contributed by atoms with Crippen LogP contribution in [0.5, 0.6) is 0 Å². The molecule has 2 aliphatic heterocycles. The normalized spacial score (nSPS) is 20.8. The zero-order valence-corrected chi connectivity index (χ0v) is 11.3. The molecule has 106 valence electrons. The van der Waals surface area contributed by atoms with E-state index in [1.165, 1.54) is 4.90 Å². The van der Waals surface area contributed by atoms with Crippen molar-refractivity contribution in [3.05, 3.63) is 30.3 Å². The van der Waals surface area contributed by atoms with E-state index in [4.69, 9.17) is 4.74 Å². The van der Waals surface area contributed by atoms with E-state index in [2.05, 4.69) is 0 Å². The lowest BCUT2D eigenvalue weighted by Gasteiger charge is -2.26. The predicted molar refractivity (Wildman–Crippen MR) is 74.4 cm³/mol. The van der Waals surface area contributed by atoms with Crippen molar-refractivity contribution in [2.75, 3.05) is 31.2 Å². The quantitative estimate of drug-likeness (QED) is 0.791. The number of carbonyl (C=O) groups excluding carboxylic acids is 2. The third-order valence-corrected chi connectivity index (χ3v) is 3.91. The average Bonchev–Trinajstić information content (AvgIpc) is 2.77. The molecule has 0 bridgehead atoms. The first-order chi connectivity index (χ1) is 9.75. The van der Waals surface area contributed by atoms with Crippen molar-refractivity contribution in [1.82, 2.24) is 4.90 Å². The van der Waals surface area contributed by atoms with E-state index < -0.39 is 0 Å². The van der Waals surface area contributed by atoms with Gasteiger partial charge in [0.05, 0.1) is 0 Å². The zero-order chi connectivity index (χ0) is 13.9. The Morgan fingerprint density at radius 2 is 1.80 bits per heavy atom. The minimum atomic E-state index is -0.201. The Hall–Kier alpha value is -1.88. The third kappa shape index (κ3) is 2.54. The summed E-state index contributed by atoms with van der Waals surface area (Å²) in [6, 6.07) is 9.13. The SMILES string of the molecule is O=C1CN(c2ccccc2)C(=O)N1CC1CCOCC1. The molecule has 5 nitrogen and oxygen atoms in total. The number of para-hydroxylation sites is 1.